The number of amides is 2. The maximum atomic E-state index is 11.9. The number of benzene rings is 1. The van der Waals surface area contributed by atoms with Crippen molar-refractivity contribution in [3.63, 3.8) is 0 Å². The molecule has 0 saturated heterocycles. The number of rotatable bonds is 7. The van der Waals surface area contributed by atoms with Crippen molar-refractivity contribution < 1.29 is 4.79 Å². The molecule has 0 bridgehead atoms. The van der Waals surface area contributed by atoms with Gasteiger partial charge in [0.2, 0.25) is 0 Å². The Morgan fingerprint density at radius 1 is 1.25 bits per heavy atom. The number of nitrogens with one attached hydrogen (secondary N) is 3. The number of thioether (sulfide) groups is 1. The van der Waals surface area contributed by atoms with Gasteiger partial charge in [-0.3, -0.25) is 0 Å². The Hall–Kier alpha value is -2.25. The van der Waals surface area contributed by atoms with Crippen LogP contribution in [0.15, 0.2) is 58.5 Å². The molecule has 3 N–H and O–H groups in total. The zero-order chi connectivity index (χ0) is 16.6. The molecule has 0 spiro atoms. The summed E-state index contributed by atoms with van der Waals surface area (Å²) in [7, 11) is 0. The highest BCUT2D eigenvalue weighted by atomic mass is 32.2. The van der Waals surface area contributed by atoms with Crippen molar-refractivity contribution in [2.75, 3.05) is 17.6 Å². The molecule has 0 fully saturated rings. The van der Waals surface area contributed by atoms with Crippen LogP contribution in [0.25, 0.3) is 11.3 Å². The average Bonchev–Trinajstić information content (AvgIpc) is 3.29. The molecule has 5 nitrogen and oxygen atoms in total. The average molecular weight is 358 g/mol. The molecule has 0 aliphatic heterocycles. The lowest BCUT2D eigenvalue weighted by Gasteiger charge is -2.08. The summed E-state index contributed by atoms with van der Waals surface area (Å²) in [6.45, 7) is 0.644. The minimum Gasteiger partial charge on any atom is -0.361 e. The van der Waals surface area contributed by atoms with E-state index in [1.807, 2.05) is 48.0 Å². The molecular weight excluding hydrogens is 340 g/mol. The molecule has 3 rings (SSSR count). The van der Waals surface area contributed by atoms with Crippen LogP contribution < -0.4 is 10.6 Å². The Labute approximate surface area is 148 Å². The van der Waals surface area contributed by atoms with Crippen LogP contribution in [0.2, 0.25) is 0 Å². The Morgan fingerprint density at radius 2 is 2.12 bits per heavy atom. The number of H-pyrrole nitrogens is 1. The summed E-state index contributed by atoms with van der Waals surface area (Å²) in [5.74, 6) is 0.943. The molecular formula is C17H18N4OS2. The van der Waals surface area contributed by atoms with Gasteiger partial charge in [-0.2, -0.15) is 0 Å². The molecule has 2 amide bonds. The summed E-state index contributed by atoms with van der Waals surface area (Å²) < 4.78 is 1.07. The summed E-state index contributed by atoms with van der Waals surface area (Å²) in [5, 5.41) is 7.68. The van der Waals surface area contributed by atoms with Crippen molar-refractivity contribution in [3.05, 3.63) is 54.2 Å². The van der Waals surface area contributed by atoms with Crippen LogP contribution in [-0.2, 0) is 0 Å². The number of hydrogen-bond acceptors (Lipinski definition) is 4. The van der Waals surface area contributed by atoms with Crippen molar-refractivity contribution in [1.29, 1.82) is 0 Å². The van der Waals surface area contributed by atoms with E-state index >= 15 is 0 Å². The molecule has 0 atom stereocenters. The van der Waals surface area contributed by atoms with Gasteiger partial charge in [0, 0.05) is 41.5 Å². The summed E-state index contributed by atoms with van der Waals surface area (Å²) in [6, 6.07) is 11.5. The van der Waals surface area contributed by atoms with Crippen molar-refractivity contribution in [2.24, 2.45) is 0 Å². The van der Waals surface area contributed by atoms with Crippen LogP contribution in [0.3, 0.4) is 0 Å². The highest BCUT2D eigenvalue weighted by Gasteiger charge is 2.03. The summed E-state index contributed by atoms with van der Waals surface area (Å²) in [4.78, 5) is 19.2. The number of anilines is 1. The smallest absolute Gasteiger partial charge is 0.319 e. The molecule has 0 aliphatic carbocycles. The summed E-state index contributed by atoms with van der Waals surface area (Å²) >= 11 is 3.35. The van der Waals surface area contributed by atoms with Gasteiger partial charge in [0.15, 0.2) is 0 Å². The first-order valence-electron chi connectivity index (χ1n) is 7.62. The third kappa shape index (κ3) is 4.87. The number of hydrogen-bond donors (Lipinski definition) is 3. The van der Waals surface area contributed by atoms with E-state index in [1.165, 1.54) is 0 Å². The van der Waals surface area contributed by atoms with E-state index in [0.717, 1.165) is 33.5 Å². The van der Waals surface area contributed by atoms with E-state index in [-0.39, 0.29) is 6.03 Å². The second-order valence-electron chi connectivity index (χ2n) is 5.04. The predicted octanol–water partition coefficient (Wildman–Crippen LogP) is 4.44. The number of urea groups is 1. The van der Waals surface area contributed by atoms with Crippen molar-refractivity contribution >= 4 is 34.8 Å². The summed E-state index contributed by atoms with van der Waals surface area (Å²) in [5.41, 5.74) is 2.92. The van der Waals surface area contributed by atoms with Gasteiger partial charge in [0.1, 0.15) is 4.34 Å². The van der Waals surface area contributed by atoms with E-state index in [0.29, 0.717) is 6.54 Å². The van der Waals surface area contributed by atoms with E-state index in [4.69, 9.17) is 0 Å². The number of aromatic amines is 1. The third-order valence-corrected chi connectivity index (χ3v) is 5.35. The Morgan fingerprint density at radius 3 is 2.83 bits per heavy atom. The first-order chi connectivity index (χ1) is 11.8. The lowest BCUT2D eigenvalue weighted by molar-refractivity contribution is 0.252. The zero-order valence-corrected chi connectivity index (χ0v) is 14.6. The standard InChI is InChI=1S/C17H18N4OS2/c22-16(19-9-2-11-23-17-20-10-12-24-17)21-14-6-4-13(5-7-14)15-3-1-8-18-15/h1,3-8,10,12,18H,2,9,11H2,(H2,19,21,22). The Bertz CT molecular complexity index is 740. The van der Waals surface area contributed by atoms with Crippen LogP contribution in [0.4, 0.5) is 10.5 Å². The fourth-order valence-electron chi connectivity index (χ4n) is 2.13. The third-order valence-electron chi connectivity index (χ3n) is 3.29. The number of aromatic nitrogens is 2. The molecule has 0 radical (unpaired) electrons. The van der Waals surface area contributed by atoms with Gasteiger partial charge >= 0.3 is 6.03 Å². The number of nitrogens with zero attached hydrogens (tertiary/aromatic N) is 1. The van der Waals surface area contributed by atoms with Crippen LogP contribution in [0.1, 0.15) is 6.42 Å². The quantitative estimate of drug-likeness (QED) is 0.432. The minimum atomic E-state index is -0.179. The van der Waals surface area contributed by atoms with Gasteiger partial charge in [-0.05, 0) is 36.2 Å². The fraction of sp³-hybridized carbons (Fsp3) is 0.176. The van der Waals surface area contributed by atoms with Gasteiger partial charge in [-0.15, -0.1) is 11.3 Å². The predicted molar refractivity (Wildman–Crippen MR) is 101 cm³/mol. The highest BCUT2D eigenvalue weighted by Crippen LogP contribution is 2.21. The second-order valence-corrected chi connectivity index (χ2v) is 7.28. The molecule has 0 unspecified atom stereocenters. The van der Waals surface area contributed by atoms with Crippen LogP contribution >= 0.6 is 23.1 Å². The van der Waals surface area contributed by atoms with E-state index in [2.05, 4.69) is 20.6 Å². The van der Waals surface area contributed by atoms with E-state index < -0.39 is 0 Å². The fourth-order valence-corrected chi connectivity index (χ4v) is 3.78. The molecule has 2 aromatic heterocycles. The number of thiazole rings is 1. The van der Waals surface area contributed by atoms with Crippen molar-refractivity contribution in [3.8, 4) is 11.3 Å². The van der Waals surface area contributed by atoms with E-state index in [1.54, 1.807) is 29.3 Å². The second kappa shape index (κ2) is 8.56. The normalized spacial score (nSPS) is 10.5. The first-order valence-corrected chi connectivity index (χ1v) is 9.49. The molecule has 1 aromatic carbocycles. The molecule has 7 heteroatoms. The highest BCUT2D eigenvalue weighted by molar-refractivity contribution is 8.00. The Kier molecular flexibility index (Phi) is 5.92. The molecule has 2 heterocycles. The number of carbonyl (C=O) groups excluding carboxylic acids is 1. The van der Waals surface area contributed by atoms with Gasteiger partial charge in [0.25, 0.3) is 0 Å². The minimum absolute atomic E-state index is 0.179. The van der Waals surface area contributed by atoms with Gasteiger partial charge in [-0.1, -0.05) is 23.9 Å². The van der Waals surface area contributed by atoms with Gasteiger partial charge in [-0.25, -0.2) is 9.78 Å². The summed E-state index contributed by atoms with van der Waals surface area (Å²) in [6.07, 6.45) is 4.60. The monoisotopic (exact) mass is 358 g/mol. The molecule has 3 aromatic rings. The first kappa shape index (κ1) is 16.6. The van der Waals surface area contributed by atoms with E-state index in [9.17, 15) is 4.79 Å². The molecule has 0 aliphatic rings. The van der Waals surface area contributed by atoms with Crippen LogP contribution in [0.5, 0.6) is 0 Å². The van der Waals surface area contributed by atoms with Gasteiger partial charge < -0.3 is 15.6 Å². The number of carbonyl (C=O) groups is 1. The Balaban J connectivity index is 1.37. The van der Waals surface area contributed by atoms with Crippen molar-refractivity contribution in [1.82, 2.24) is 15.3 Å². The van der Waals surface area contributed by atoms with Crippen LogP contribution in [-0.4, -0.2) is 28.3 Å². The topological polar surface area (TPSA) is 69.8 Å². The van der Waals surface area contributed by atoms with Gasteiger partial charge in [0.05, 0.1) is 0 Å². The lowest BCUT2D eigenvalue weighted by Crippen LogP contribution is -2.29. The molecule has 124 valence electrons. The molecule has 24 heavy (non-hydrogen) atoms. The zero-order valence-electron chi connectivity index (χ0n) is 13.0. The SMILES string of the molecule is O=C(NCCCSc1nccs1)Nc1ccc(-c2ccc[nH]2)cc1. The molecule has 0 saturated carbocycles. The maximum Gasteiger partial charge on any atom is 0.319 e. The lowest BCUT2D eigenvalue weighted by atomic mass is 10.1. The largest absolute Gasteiger partial charge is 0.361 e. The maximum absolute atomic E-state index is 11.9. The van der Waals surface area contributed by atoms with Crippen molar-refractivity contribution in [2.45, 2.75) is 10.8 Å². The van der Waals surface area contributed by atoms with Crippen LogP contribution in [0, 0.1) is 0 Å².